The quantitative estimate of drug-likeness (QED) is 0.206. The second kappa shape index (κ2) is 8.66. The van der Waals surface area contributed by atoms with Crippen molar-refractivity contribution in [3.8, 4) is 0 Å². The first-order valence-corrected chi connectivity index (χ1v) is 10.00. The number of benzene rings is 3. The maximum atomic E-state index is 13.0. The van der Waals surface area contributed by atoms with Gasteiger partial charge in [0.1, 0.15) is 0 Å². The number of anilines is 1. The molecule has 0 fully saturated rings. The summed E-state index contributed by atoms with van der Waals surface area (Å²) in [5.74, 6) is -0.490. The average Bonchev–Trinajstić information content (AvgIpc) is 2.72. The van der Waals surface area contributed by atoms with Crippen LogP contribution in [0.4, 0.5) is 15.3 Å². The molecule has 0 aliphatic rings. The van der Waals surface area contributed by atoms with Gasteiger partial charge in [-0.2, -0.15) is 8.42 Å². The van der Waals surface area contributed by atoms with Gasteiger partial charge in [-0.3, -0.25) is 14.9 Å². The van der Waals surface area contributed by atoms with Gasteiger partial charge in [-0.15, -0.1) is 3.89 Å². The number of carbonyl (C=O) groups excluding carboxylic acids is 1. The van der Waals surface area contributed by atoms with Crippen LogP contribution in [-0.2, 0) is 15.0 Å². The Morgan fingerprint density at radius 3 is 2.07 bits per heavy atom. The summed E-state index contributed by atoms with van der Waals surface area (Å²) < 4.78 is 34.9. The molecule has 0 saturated carbocycles. The molecular weight excluding hydrogens is 411 g/mol. The van der Waals surface area contributed by atoms with Crippen molar-refractivity contribution in [3.63, 3.8) is 0 Å². The number of nitrogens with zero attached hydrogens (tertiary/aromatic N) is 1. The minimum atomic E-state index is -4.83. The fourth-order valence-electron chi connectivity index (χ4n) is 2.66. The van der Waals surface area contributed by atoms with Crippen LogP contribution in [0.2, 0.25) is 0 Å². The lowest BCUT2D eigenvalue weighted by Crippen LogP contribution is -2.13. The highest BCUT2D eigenvalue weighted by Crippen LogP contribution is 2.23. The molecule has 0 aliphatic carbocycles. The maximum Gasteiger partial charge on any atom is 0.332 e. The normalized spacial score (nSPS) is 11.7. The van der Waals surface area contributed by atoms with Crippen molar-refractivity contribution < 1.29 is 22.0 Å². The summed E-state index contributed by atoms with van der Waals surface area (Å²) in [6.07, 6.45) is 1.58. The van der Waals surface area contributed by atoms with E-state index in [4.69, 9.17) is 0 Å². The number of hydrogen-bond acceptors (Lipinski definition) is 5. The molecule has 0 heterocycles. The highest BCUT2D eigenvalue weighted by atomic mass is 32.3. The van der Waals surface area contributed by atoms with E-state index in [9.17, 15) is 27.2 Å². The van der Waals surface area contributed by atoms with Crippen molar-refractivity contribution >= 4 is 39.2 Å². The van der Waals surface area contributed by atoms with Crippen LogP contribution < -0.4 is 5.32 Å². The van der Waals surface area contributed by atoms with Crippen molar-refractivity contribution in [2.45, 2.75) is 4.90 Å². The summed E-state index contributed by atoms with van der Waals surface area (Å²) in [5.41, 5.74) is 1.68. The second-order valence-corrected chi connectivity index (χ2v) is 7.54. The van der Waals surface area contributed by atoms with E-state index in [1.165, 1.54) is 36.4 Å². The molecule has 3 rings (SSSR count). The number of non-ortho nitro benzene ring substituents is 1. The lowest BCUT2D eigenvalue weighted by atomic mass is 10.0. The molecule has 0 saturated heterocycles. The molecular formula is C21H15FN2O5S. The molecule has 0 radical (unpaired) electrons. The largest absolute Gasteiger partial charge is 0.332 e. The molecule has 7 nitrogen and oxygen atoms in total. The van der Waals surface area contributed by atoms with Crippen LogP contribution in [0.5, 0.6) is 0 Å². The van der Waals surface area contributed by atoms with Crippen molar-refractivity contribution in [2.75, 3.05) is 5.32 Å². The number of nitro benzene ring substituents is 1. The van der Waals surface area contributed by atoms with Gasteiger partial charge >= 0.3 is 10.2 Å². The van der Waals surface area contributed by atoms with Gasteiger partial charge in [-0.1, -0.05) is 30.3 Å². The smallest absolute Gasteiger partial charge is 0.322 e. The predicted octanol–water partition coefficient (Wildman–Crippen LogP) is 4.43. The Hall–Kier alpha value is -3.85. The Balaban J connectivity index is 1.92. The van der Waals surface area contributed by atoms with Crippen LogP contribution in [0.1, 0.15) is 11.1 Å². The Labute approximate surface area is 171 Å². The first kappa shape index (κ1) is 20.9. The number of halogens is 1. The molecule has 9 heteroatoms. The number of nitro groups is 1. The lowest BCUT2D eigenvalue weighted by Gasteiger charge is -2.10. The fraction of sp³-hybridized carbons (Fsp3) is 0. The molecule has 1 amide bonds. The number of carbonyl (C=O) groups is 1. The first-order valence-electron chi connectivity index (χ1n) is 8.62. The van der Waals surface area contributed by atoms with Gasteiger partial charge in [-0.05, 0) is 53.6 Å². The van der Waals surface area contributed by atoms with Gasteiger partial charge in [0.15, 0.2) is 0 Å². The molecule has 0 atom stereocenters. The zero-order valence-electron chi connectivity index (χ0n) is 15.4. The first-order chi connectivity index (χ1) is 14.2. The lowest BCUT2D eigenvalue weighted by molar-refractivity contribution is -0.384. The van der Waals surface area contributed by atoms with Crippen LogP contribution in [0.3, 0.4) is 0 Å². The van der Waals surface area contributed by atoms with Crippen molar-refractivity contribution in [1.29, 1.82) is 0 Å². The highest BCUT2D eigenvalue weighted by Gasteiger charge is 2.15. The van der Waals surface area contributed by atoms with E-state index in [-0.39, 0.29) is 16.9 Å². The molecule has 3 aromatic carbocycles. The predicted molar refractivity (Wildman–Crippen MR) is 111 cm³/mol. The SMILES string of the molecule is O=C(Nc1ccc(S(=O)(=O)F)cc1)C(=Cc1ccc([N+](=O)[O-])cc1)c1ccccc1. The maximum absolute atomic E-state index is 13.0. The monoisotopic (exact) mass is 426 g/mol. The van der Waals surface area contributed by atoms with E-state index in [1.807, 2.05) is 0 Å². The Morgan fingerprint density at radius 2 is 1.53 bits per heavy atom. The van der Waals surface area contributed by atoms with E-state index in [0.29, 0.717) is 11.1 Å². The number of rotatable bonds is 6. The van der Waals surface area contributed by atoms with E-state index in [2.05, 4.69) is 5.32 Å². The third kappa shape index (κ3) is 5.15. The molecule has 0 aromatic heterocycles. The average molecular weight is 426 g/mol. The number of hydrogen-bond donors (Lipinski definition) is 1. The van der Waals surface area contributed by atoms with Gasteiger partial charge in [0, 0.05) is 23.4 Å². The topological polar surface area (TPSA) is 106 Å². The molecule has 152 valence electrons. The molecule has 0 aliphatic heterocycles. The van der Waals surface area contributed by atoms with Crippen LogP contribution >= 0.6 is 0 Å². The van der Waals surface area contributed by atoms with Crippen molar-refractivity contribution in [3.05, 3.63) is 100 Å². The van der Waals surface area contributed by atoms with Crippen LogP contribution in [0.25, 0.3) is 11.6 Å². The van der Waals surface area contributed by atoms with Crippen LogP contribution in [0, 0.1) is 10.1 Å². The van der Waals surface area contributed by atoms with E-state index in [0.717, 1.165) is 12.1 Å². The van der Waals surface area contributed by atoms with E-state index < -0.39 is 25.9 Å². The van der Waals surface area contributed by atoms with Crippen LogP contribution in [-0.4, -0.2) is 19.2 Å². The second-order valence-electron chi connectivity index (χ2n) is 6.19. The number of nitrogens with one attached hydrogen (secondary N) is 1. The van der Waals surface area contributed by atoms with Gasteiger partial charge in [0.25, 0.3) is 11.6 Å². The van der Waals surface area contributed by atoms with E-state index >= 15 is 0 Å². The van der Waals surface area contributed by atoms with Gasteiger partial charge in [-0.25, -0.2) is 0 Å². The molecule has 0 spiro atoms. The minimum absolute atomic E-state index is 0.0687. The summed E-state index contributed by atoms with van der Waals surface area (Å²) in [5, 5.41) is 13.5. The zero-order chi connectivity index (χ0) is 21.7. The molecule has 0 unspecified atom stereocenters. The van der Waals surface area contributed by atoms with Gasteiger partial charge in [0.05, 0.1) is 9.82 Å². The Bertz CT molecular complexity index is 1210. The van der Waals surface area contributed by atoms with Gasteiger partial charge < -0.3 is 5.32 Å². The molecule has 1 N–H and O–H groups in total. The van der Waals surface area contributed by atoms with Crippen molar-refractivity contribution in [2.24, 2.45) is 0 Å². The molecule has 3 aromatic rings. The summed E-state index contributed by atoms with van der Waals surface area (Å²) in [4.78, 5) is 22.7. The fourth-order valence-corrected chi connectivity index (χ4v) is 3.12. The number of amides is 1. The van der Waals surface area contributed by atoms with E-state index in [1.54, 1.807) is 36.4 Å². The van der Waals surface area contributed by atoms with Gasteiger partial charge in [0.2, 0.25) is 0 Å². The Morgan fingerprint density at radius 1 is 0.933 bits per heavy atom. The zero-order valence-corrected chi connectivity index (χ0v) is 16.2. The highest BCUT2D eigenvalue weighted by molar-refractivity contribution is 7.86. The van der Waals surface area contributed by atoms with Crippen molar-refractivity contribution in [1.82, 2.24) is 0 Å². The molecule has 30 heavy (non-hydrogen) atoms. The third-order valence-electron chi connectivity index (χ3n) is 4.14. The Kier molecular flexibility index (Phi) is 6.03. The van der Waals surface area contributed by atoms with Crippen LogP contribution in [0.15, 0.2) is 83.8 Å². The molecule has 0 bridgehead atoms. The standard InChI is InChI=1S/C21H15FN2O5S/c22-30(28,29)19-12-8-17(9-13-19)23-21(25)20(16-4-2-1-3-5-16)14-15-6-10-18(11-7-15)24(26)27/h1-14H,(H,23,25). The minimum Gasteiger partial charge on any atom is -0.322 e. The summed E-state index contributed by atoms with van der Waals surface area (Å²) in [7, 11) is -4.83. The summed E-state index contributed by atoms with van der Waals surface area (Å²) in [6.45, 7) is 0. The third-order valence-corrected chi connectivity index (χ3v) is 4.97. The summed E-state index contributed by atoms with van der Waals surface area (Å²) in [6, 6.07) is 19.1. The summed E-state index contributed by atoms with van der Waals surface area (Å²) >= 11 is 0.